The Bertz CT molecular complexity index is 715. The fraction of sp³-hybridized carbons (Fsp3) is 0.960. The Morgan fingerprint density at radius 2 is 1.83 bits per heavy atom. The van der Waals surface area contributed by atoms with Crippen LogP contribution in [0.5, 0.6) is 0 Å². The summed E-state index contributed by atoms with van der Waals surface area (Å²) >= 11 is 8.57. The number of carbonyl (C=O) groups excluding carboxylic acids is 1. The maximum atomic E-state index is 11.8. The van der Waals surface area contributed by atoms with Gasteiger partial charge in [0, 0.05) is 16.7 Å². The van der Waals surface area contributed by atoms with E-state index in [4.69, 9.17) is 9.47 Å². The van der Waals surface area contributed by atoms with Gasteiger partial charge in [-0.15, -0.1) is 0 Å². The Morgan fingerprint density at radius 3 is 2.57 bits per heavy atom. The molecule has 0 radical (unpaired) electrons. The molecule has 3 nitrogen and oxygen atoms in total. The quantitative estimate of drug-likeness (QED) is 0.298. The summed E-state index contributed by atoms with van der Waals surface area (Å²) in [5.74, 6) is 3.29. The Hall–Kier alpha value is 0.390. The summed E-state index contributed by atoms with van der Waals surface area (Å²) in [6.07, 6.45) is 11.1. The largest absolute Gasteiger partial charge is 0.469 e. The van der Waals surface area contributed by atoms with Gasteiger partial charge in [0.15, 0.2) is 0 Å². The zero-order valence-electron chi connectivity index (χ0n) is 19.0. The van der Waals surface area contributed by atoms with Gasteiger partial charge in [-0.05, 0) is 86.4 Å². The van der Waals surface area contributed by atoms with Crippen molar-refractivity contribution in [2.45, 2.75) is 99.9 Å². The Morgan fingerprint density at radius 1 is 1.10 bits per heavy atom. The van der Waals surface area contributed by atoms with E-state index in [0.717, 1.165) is 12.3 Å². The van der Waals surface area contributed by atoms with Crippen molar-refractivity contribution in [3.8, 4) is 0 Å². The summed E-state index contributed by atoms with van der Waals surface area (Å²) in [5, 5.41) is 0. The van der Waals surface area contributed by atoms with Crippen molar-refractivity contribution in [2.24, 2.45) is 40.4 Å². The summed E-state index contributed by atoms with van der Waals surface area (Å²) in [4.78, 5) is 12.5. The molecule has 0 aromatic heterocycles. The van der Waals surface area contributed by atoms with Gasteiger partial charge in [-0.2, -0.15) is 0 Å². The third-order valence-corrected chi connectivity index (χ3v) is 14.4. The van der Waals surface area contributed by atoms with Gasteiger partial charge in [-0.1, -0.05) is 52.6 Å². The highest BCUT2D eigenvalue weighted by molar-refractivity contribution is 9.12. The van der Waals surface area contributed by atoms with Gasteiger partial charge in [0.05, 0.1) is 23.6 Å². The molecule has 11 atom stereocenters. The number of methoxy groups -OCH3 is 1. The first kappa shape index (κ1) is 22.2. The molecule has 0 aromatic carbocycles. The Labute approximate surface area is 199 Å². The maximum absolute atomic E-state index is 11.8. The van der Waals surface area contributed by atoms with E-state index in [1.807, 2.05) is 0 Å². The minimum Gasteiger partial charge on any atom is -0.469 e. The van der Waals surface area contributed by atoms with Crippen LogP contribution in [0.15, 0.2) is 0 Å². The van der Waals surface area contributed by atoms with Crippen molar-refractivity contribution >= 4 is 37.8 Å². The fourth-order valence-electron chi connectivity index (χ4n) is 9.40. The lowest BCUT2D eigenvalue weighted by Gasteiger charge is -2.74. The number of fused-ring (bicyclic) bond motifs is 3. The van der Waals surface area contributed by atoms with Gasteiger partial charge >= 0.3 is 5.97 Å². The van der Waals surface area contributed by atoms with Crippen molar-refractivity contribution in [1.29, 1.82) is 0 Å². The second kappa shape index (κ2) is 7.45. The molecule has 6 rings (SSSR count). The van der Waals surface area contributed by atoms with Crippen LogP contribution in [0.3, 0.4) is 0 Å². The van der Waals surface area contributed by atoms with E-state index in [2.05, 4.69) is 52.6 Å². The molecule has 0 aromatic rings. The summed E-state index contributed by atoms with van der Waals surface area (Å²) < 4.78 is 12.1. The molecule has 0 N–H and O–H groups in total. The van der Waals surface area contributed by atoms with Crippen molar-refractivity contribution in [1.82, 2.24) is 0 Å². The lowest BCUT2D eigenvalue weighted by Crippen LogP contribution is -2.77. The molecule has 170 valence electrons. The first-order chi connectivity index (χ1) is 14.2. The maximum Gasteiger partial charge on any atom is 0.305 e. The van der Waals surface area contributed by atoms with Crippen LogP contribution in [0.2, 0.25) is 0 Å². The third-order valence-electron chi connectivity index (χ3n) is 10.9. The smallest absolute Gasteiger partial charge is 0.305 e. The predicted molar refractivity (Wildman–Crippen MR) is 126 cm³/mol. The van der Waals surface area contributed by atoms with E-state index in [0.29, 0.717) is 51.3 Å². The van der Waals surface area contributed by atoms with Gasteiger partial charge < -0.3 is 9.47 Å². The molecule has 2 aliphatic heterocycles. The van der Waals surface area contributed by atoms with Gasteiger partial charge in [0.25, 0.3) is 0 Å². The second-order valence-corrected chi connectivity index (χ2v) is 13.6. The standard InChI is InChI=1S/C25H38Br2O3/c1-14(5-10-20(28)29-4)17-8-9-18-19-7-6-15-13-16-11-12-23(15,2)25(19,30-16)22(27)21(26)24(17,18)3/h14-19,21-22H,5-13H2,1-4H3/t14-,15+,16+,17-,18+,19+,21-,22-,23-,24-,25-/m1/s1. The monoisotopic (exact) mass is 544 g/mol. The number of carbonyl (C=O) groups is 1. The van der Waals surface area contributed by atoms with Crippen LogP contribution in [0.4, 0.5) is 0 Å². The van der Waals surface area contributed by atoms with E-state index in [9.17, 15) is 4.79 Å². The molecule has 2 heterocycles. The molecule has 0 unspecified atom stereocenters. The van der Waals surface area contributed by atoms with Crippen LogP contribution < -0.4 is 0 Å². The highest BCUT2D eigenvalue weighted by Gasteiger charge is 2.76. The number of hydrogen-bond acceptors (Lipinski definition) is 3. The molecule has 4 aliphatic carbocycles. The van der Waals surface area contributed by atoms with Crippen LogP contribution in [0.1, 0.15) is 78.6 Å². The molecule has 1 spiro atoms. The van der Waals surface area contributed by atoms with Crippen molar-refractivity contribution in [2.75, 3.05) is 7.11 Å². The zero-order chi connectivity index (χ0) is 21.5. The van der Waals surface area contributed by atoms with Crippen LogP contribution >= 0.6 is 31.9 Å². The van der Waals surface area contributed by atoms with E-state index in [-0.39, 0.29) is 17.0 Å². The molecule has 4 bridgehead atoms. The molecule has 5 heteroatoms. The molecular weight excluding hydrogens is 508 g/mol. The number of esters is 1. The Kier molecular flexibility index (Phi) is 5.51. The molecule has 6 fully saturated rings. The van der Waals surface area contributed by atoms with E-state index in [1.165, 1.54) is 52.1 Å². The van der Waals surface area contributed by atoms with Crippen LogP contribution in [0.25, 0.3) is 0 Å². The van der Waals surface area contributed by atoms with Crippen LogP contribution in [-0.2, 0) is 14.3 Å². The zero-order valence-corrected chi connectivity index (χ0v) is 22.1. The van der Waals surface area contributed by atoms with Crippen molar-refractivity contribution in [3.63, 3.8) is 0 Å². The van der Waals surface area contributed by atoms with Gasteiger partial charge in [0.2, 0.25) is 0 Å². The van der Waals surface area contributed by atoms with Crippen LogP contribution in [-0.4, -0.2) is 34.4 Å². The van der Waals surface area contributed by atoms with Crippen molar-refractivity contribution in [3.05, 3.63) is 0 Å². The van der Waals surface area contributed by atoms with Gasteiger partial charge in [-0.3, -0.25) is 4.79 Å². The number of halogens is 2. The lowest BCUT2D eigenvalue weighted by molar-refractivity contribution is -0.325. The second-order valence-electron chi connectivity index (χ2n) is 11.7. The summed E-state index contributed by atoms with van der Waals surface area (Å²) in [7, 11) is 1.50. The summed E-state index contributed by atoms with van der Waals surface area (Å²) in [6, 6.07) is 0. The fourth-order valence-corrected chi connectivity index (χ4v) is 12.0. The SMILES string of the molecule is COC(=O)CC[C@@H](C)[C@H]1CC[C@H]2[C@@H]3CC[C@H]4C[C@@H]5CC[C@@]4(C)[C@]3(O5)[C@H](Br)[C@@H](Br)[C@]12C. The normalized spacial score (nSPS) is 54.9. The molecule has 4 saturated carbocycles. The number of hydrogen-bond donors (Lipinski definition) is 0. The highest BCUT2D eigenvalue weighted by Crippen LogP contribution is 2.75. The first-order valence-electron chi connectivity index (χ1n) is 12.2. The summed E-state index contributed by atoms with van der Waals surface area (Å²) in [5.41, 5.74) is 0.531. The average molecular weight is 546 g/mol. The van der Waals surface area contributed by atoms with Crippen LogP contribution in [0, 0.1) is 40.4 Å². The van der Waals surface area contributed by atoms with Gasteiger partial charge in [-0.25, -0.2) is 0 Å². The topological polar surface area (TPSA) is 35.5 Å². The molecular formula is C25H38Br2O3. The third kappa shape index (κ3) is 2.67. The van der Waals surface area contributed by atoms with Gasteiger partial charge in [0.1, 0.15) is 0 Å². The van der Waals surface area contributed by atoms with E-state index < -0.39 is 0 Å². The Balaban J connectivity index is 1.48. The minimum absolute atomic E-state index is 0.0143. The average Bonchev–Trinajstić information content (AvgIpc) is 3.08. The molecule has 30 heavy (non-hydrogen) atoms. The van der Waals surface area contributed by atoms with E-state index >= 15 is 0 Å². The predicted octanol–water partition coefficient (Wildman–Crippen LogP) is 6.50. The number of alkyl halides is 2. The first-order valence-corrected chi connectivity index (χ1v) is 14.1. The molecule has 0 amide bonds. The number of ether oxygens (including phenoxy) is 2. The summed E-state index contributed by atoms with van der Waals surface area (Å²) in [6.45, 7) is 7.49. The van der Waals surface area contributed by atoms with Crippen molar-refractivity contribution < 1.29 is 14.3 Å². The minimum atomic E-state index is -0.0733. The highest BCUT2D eigenvalue weighted by atomic mass is 79.9. The number of rotatable bonds is 4. The lowest BCUT2D eigenvalue weighted by atomic mass is 9.40. The molecule has 2 saturated heterocycles. The van der Waals surface area contributed by atoms with E-state index in [1.54, 1.807) is 0 Å². The molecule has 6 aliphatic rings.